The number of aliphatic hydroxyl groups excluding tert-OH is 1. The minimum Gasteiger partial charge on any atom is -0.383 e. The van der Waals surface area contributed by atoms with Gasteiger partial charge in [-0.05, 0) is 12.1 Å². The third-order valence-electron chi connectivity index (χ3n) is 1.95. The lowest BCUT2D eigenvalue weighted by atomic mass is 10.1. The van der Waals surface area contributed by atoms with Crippen LogP contribution in [0.5, 0.6) is 0 Å². The van der Waals surface area contributed by atoms with Crippen LogP contribution >= 0.6 is 0 Å². The summed E-state index contributed by atoms with van der Waals surface area (Å²) in [5.41, 5.74) is 3.51. The Hall–Kier alpha value is -1.75. The highest BCUT2D eigenvalue weighted by Gasteiger charge is 2.23. The summed E-state index contributed by atoms with van der Waals surface area (Å²) in [5, 5.41) is 13.1. The summed E-state index contributed by atoms with van der Waals surface area (Å²) in [6, 6.07) is 5.40. The lowest BCUT2D eigenvalue weighted by Crippen LogP contribution is -2.38. The van der Waals surface area contributed by atoms with Crippen LogP contribution in [0.4, 0.5) is 0 Å². The quantitative estimate of drug-likeness (QED) is 0.638. The molecule has 2 N–H and O–H groups in total. The molecular formula is C9H9N3O2. The molecule has 0 spiro atoms. The fraction of sp³-hybridized carbons (Fsp3) is 0.222. The maximum absolute atomic E-state index is 10.9. The molecule has 1 aliphatic rings. The smallest absolute Gasteiger partial charge is 0.269 e. The van der Waals surface area contributed by atoms with Crippen LogP contribution < -0.4 is 5.43 Å². The molecule has 1 amide bonds. The van der Waals surface area contributed by atoms with Crippen LogP contribution in [0, 0.1) is 0 Å². The molecule has 1 aliphatic heterocycles. The van der Waals surface area contributed by atoms with Gasteiger partial charge in [-0.3, -0.25) is 9.78 Å². The van der Waals surface area contributed by atoms with Crippen molar-refractivity contribution in [3.05, 3.63) is 30.1 Å². The van der Waals surface area contributed by atoms with Gasteiger partial charge in [-0.1, -0.05) is 6.07 Å². The predicted octanol–water partition coefficient (Wildman–Crippen LogP) is -0.334. The Morgan fingerprint density at radius 2 is 2.36 bits per heavy atom. The number of carbonyl (C=O) groups excluding carboxylic acids is 1. The summed E-state index contributed by atoms with van der Waals surface area (Å²) in [7, 11) is 0. The van der Waals surface area contributed by atoms with Gasteiger partial charge >= 0.3 is 0 Å². The maximum Gasteiger partial charge on any atom is 0.269 e. The lowest BCUT2D eigenvalue weighted by Gasteiger charge is -2.16. The number of pyridine rings is 1. The van der Waals surface area contributed by atoms with Crippen molar-refractivity contribution in [2.45, 2.75) is 12.5 Å². The zero-order valence-electron chi connectivity index (χ0n) is 7.34. The first kappa shape index (κ1) is 8.83. The summed E-state index contributed by atoms with van der Waals surface area (Å²) in [4.78, 5) is 15.0. The molecule has 14 heavy (non-hydrogen) atoms. The molecule has 72 valence electrons. The second-order valence-corrected chi connectivity index (χ2v) is 2.97. The Morgan fingerprint density at radius 1 is 1.50 bits per heavy atom. The Bertz CT molecular complexity index is 375. The van der Waals surface area contributed by atoms with E-state index in [0.717, 1.165) is 0 Å². The van der Waals surface area contributed by atoms with Crippen molar-refractivity contribution < 1.29 is 9.90 Å². The number of aliphatic hydroxyl groups is 1. The van der Waals surface area contributed by atoms with Gasteiger partial charge in [0.25, 0.3) is 5.91 Å². The third kappa shape index (κ3) is 1.62. The second kappa shape index (κ2) is 3.55. The fourth-order valence-corrected chi connectivity index (χ4v) is 1.21. The SMILES string of the molecule is O=C1NN=C(c2ccccn2)CC1O. The summed E-state index contributed by atoms with van der Waals surface area (Å²) in [6.45, 7) is 0. The molecule has 0 fully saturated rings. The first-order valence-electron chi connectivity index (χ1n) is 4.23. The average Bonchev–Trinajstić information content (AvgIpc) is 2.23. The molecule has 1 unspecified atom stereocenters. The van der Waals surface area contributed by atoms with E-state index in [4.69, 9.17) is 0 Å². The van der Waals surface area contributed by atoms with Crippen LogP contribution in [-0.2, 0) is 4.79 Å². The van der Waals surface area contributed by atoms with Gasteiger partial charge in [-0.25, -0.2) is 5.43 Å². The van der Waals surface area contributed by atoms with E-state index in [-0.39, 0.29) is 6.42 Å². The van der Waals surface area contributed by atoms with E-state index in [9.17, 15) is 9.90 Å². The Kier molecular flexibility index (Phi) is 2.24. The first-order chi connectivity index (χ1) is 6.77. The van der Waals surface area contributed by atoms with E-state index in [1.54, 1.807) is 18.3 Å². The number of nitrogens with one attached hydrogen (secondary N) is 1. The van der Waals surface area contributed by atoms with Crippen molar-refractivity contribution in [2.75, 3.05) is 0 Å². The van der Waals surface area contributed by atoms with Crippen LogP contribution in [0.15, 0.2) is 29.5 Å². The summed E-state index contributed by atoms with van der Waals surface area (Å²) in [6.07, 6.45) is 0.827. The monoisotopic (exact) mass is 191 g/mol. The van der Waals surface area contributed by atoms with Crippen molar-refractivity contribution in [1.82, 2.24) is 10.4 Å². The van der Waals surface area contributed by atoms with E-state index in [0.29, 0.717) is 11.4 Å². The van der Waals surface area contributed by atoms with Gasteiger partial charge in [0.05, 0.1) is 11.4 Å². The molecular weight excluding hydrogens is 182 g/mol. The molecule has 0 bridgehead atoms. The highest BCUT2D eigenvalue weighted by atomic mass is 16.3. The van der Waals surface area contributed by atoms with Crippen molar-refractivity contribution >= 4 is 11.6 Å². The molecule has 5 heteroatoms. The molecule has 1 aromatic heterocycles. The van der Waals surface area contributed by atoms with Crippen molar-refractivity contribution in [3.63, 3.8) is 0 Å². The van der Waals surface area contributed by atoms with E-state index < -0.39 is 12.0 Å². The molecule has 0 saturated carbocycles. The van der Waals surface area contributed by atoms with E-state index in [1.165, 1.54) is 0 Å². The number of hydrogen-bond acceptors (Lipinski definition) is 4. The van der Waals surface area contributed by atoms with E-state index in [2.05, 4.69) is 15.5 Å². The average molecular weight is 191 g/mol. The molecule has 0 aromatic carbocycles. The highest BCUT2D eigenvalue weighted by molar-refractivity contribution is 6.04. The highest BCUT2D eigenvalue weighted by Crippen LogP contribution is 2.07. The van der Waals surface area contributed by atoms with Gasteiger partial charge in [0.2, 0.25) is 0 Å². The standard InChI is InChI=1S/C9H9N3O2/c13-8-5-7(11-12-9(8)14)6-3-1-2-4-10-6/h1-4,8,13H,5H2,(H,12,14). The number of hydrazone groups is 1. The Balaban J connectivity index is 2.25. The van der Waals surface area contributed by atoms with Gasteiger partial charge in [0.15, 0.2) is 0 Å². The minimum absolute atomic E-state index is 0.211. The van der Waals surface area contributed by atoms with Gasteiger partial charge < -0.3 is 5.11 Å². The zero-order valence-corrected chi connectivity index (χ0v) is 7.34. The van der Waals surface area contributed by atoms with E-state index >= 15 is 0 Å². The first-order valence-corrected chi connectivity index (χ1v) is 4.23. The van der Waals surface area contributed by atoms with E-state index in [1.807, 2.05) is 6.07 Å². The fourth-order valence-electron chi connectivity index (χ4n) is 1.21. The van der Waals surface area contributed by atoms with Gasteiger partial charge in [-0.15, -0.1) is 0 Å². The molecule has 1 aromatic rings. The normalized spacial score (nSPS) is 21.4. The Labute approximate surface area is 80.5 Å². The number of aromatic nitrogens is 1. The number of nitrogens with zero attached hydrogens (tertiary/aromatic N) is 2. The predicted molar refractivity (Wildman–Crippen MR) is 49.5 cm³/mol. The van der Waals surface area contributed by atoms with Gasteiger partial charge in [0.1, 0.15) is 6.10 Å². The molecule has 0 saturated heterocycles. The van der Waals surface area contributed by atoms with Crippen LogP contribution in [0.25, 0.3) is 0 Å². The second-order valence-electron chi connectivity index (χ2n) is 2.97. The van der Waals surface area contributed by atoms with Gasteiger partial charge in [0, 0.05) is 12.6 Å². The van der Waals surface area contributed by atoms with Crippen LogP contribution in [0.3, 0.4) is 0 Å². The van der Waals surface area contributed by atoms with Crippen molar-refractivity contribution in [2.24, 2.45) is 5.10 Å². The van der Waals surface area contributed by atoms with Crippen molar-refractivity contribution in [1.29, 1.82) is 0 Å². The summed E-state index contributed by atoms with van der Waals surface area (Å²) >= 11 is 0. The molecule has 1 atom stereocenters. The molecule has 2 heterocycles. The summed E-state index contributed by atoms with van der Waals surface area (Å²) in [5.74, 6) is -0.468. The number of carbonyl (C=O) groups is 1. The molecule has 0 radical (unpaired) electrons. The number of hydrogen-bond donors (Lipinski definition) is 2. The largest absolute Gasteiger partial charge is 0.383 e. The third-order valence-corrected chi connectivity index (χ3v) is 1.95. The minimum atomic E-state index is -1.02. The van der Waals surface area contributed by atoms with Gasteiger partial charge in [-0.2, -0.15) is 5.10 Å². The van der Waals surface area contributed by atoms with Crippen LogP contribution in [-0.4, -0.2) is 27.8 Å². The number of rotatable bonds is 1. The van der Waals surface area contributed by atoms with Crippen LogP contribution in [0.1, 0.15) is 12.1 Å². The zero-order chi connectivity index (χ0) is 9.97. The van der Waals surface area contributed by atoms with Crippen LogP contribution in [0.2, 0.25) is 0 Å². The van der Waals surface area contributed by atoms with Crippen molar-refractivity contribution in [3.8, 4) is 0 Å². The lowest BCUT2D eigenvalue weighted by molar-refractivity contribution is -0.129. The molecule has 5 nitrogen and oxygen atoms in total. The topological polar surface area (TPSA) is 74.6 Å². The Morgan fingerprint density at radius 3 is 3.00 bits per heavy atom. The summed E-state index contributed by atoms with van der Waals surface area (Å²) < 4.78 is 0. The maximum atomic E-state index is 10.9. The molecule has 0 aliphatic carbocycles. The molecule has 2 rings (SSSR count). The number of amides is 1.